The van der Waals surface area contributed by atoms with Gasteiger partial charge in [0.1, 0.15) is 6.07 Å². The van der Waals surface area contributed by atoms with E-state index in [-0.39, 0.29) is 33.6 Å². The van der Waals surface area contributed by atoms with Crippen molar-refractivity contribution in [3.63, 3.8) is 0 Å². The number of nitrogens with one attached hydrogen (secondary N) is 1. The van der Waals surface area contributed by atoms with Crippen LogP contribution in [0.5, 0.6) is 0 Å². The maximum Gasteiger partial charge on any atom is 0.240 e. The van der Waals surface area contributed by atoms with Crippen LogP contribution in [0.2, 0.25) is 0 Å². The molecule has 3 rings (SSSR count). The summed E-state index contributed by atoms with van der Waals surface area (Å²) >= 11 is 0. The highest BCUT2D eigenvalue weighted by atomic mass is 32.2. The summed E-state index contributed by atoms with van der Waals surface area (Å²) in [6.07, 6.45) is 3.77. The second-order valence-electron chi connectivity index (χ2n) is 8.19. The van der Waals surface area contributed by atoms with Gasteiger partial charge in [0, 0.05) is 11.5 Å². The number of allylic oxidation sites excluding steroid dienone is 2. The molecule has 0 bridgehead atoms. The van der Waals surface area contributed by atoms with E-state index in [1.165, 1.54) is 0 Å². The number of fused-ring (bicyclic) bond motifs is 1. The minimum atomic E-state index is -3.59. The molecule has 0 aromatic heterocycles. The van der Waals surface area contributed by atoms with E-state index in [2.05, 4.69) is 4.72 Å². The monoisotopic (exact) mass is 372 g/mol. The van der Waals surface area contributed by atoms with Gasteiger partial charge in [-0.2, -0.15) is 5.26 Å². The molecule has 26 heavy (non-hydrogen) atoms. The Kier molecular flexibility index (Phi) is 4.58. The van der Waals surface area contributed by atoms with E-state index in [4.69, 9.17) is 0 Å². The SMILES string of the molecule is CC1(C)C(=O)C(C#N)=C[C@]2(C)C[C@@H](NS(=O)(=O)c3ccccc3)CC[C@H]12. The van der Waals surface area contributed by atoms with Crippen molar-refractivity contribution in [2.45, 2.75) is 51.0 Å². The highest BCUT2D eigenvalue weighted by Gasteiger charge is 2.53. The second kappa shape index (κ2) is 6.33. The molecule has 1 aromatic carbocycles. The van der Waals surface area contributed by atoms with Crippen LogP contribution >= 0.6 is 0 Å². The number of hydrogen-bond donors (Lipinski definition) is 1. The number of carbonyl (C=O) groups is 1. The van der Waals surface area contributed by atoms with Crippen LogP contribution in [0.25, 0.3) is 0 Å². The Hall–Kier alpha value is -1.97. The molecule has 2 aliphatic carbocycles. The molecule has 1 aromatic rings. The van der Waals surface area contributed by atoms with E-state index >= 15 is 0 Å². The van der Waals surface area contributed by atoms with Crippen molar-refractivity contribution >= 4 is 15.8 Å². The van der Waals surface area contributed by atoms with E-state index in [0.717, 1.165) is 6.42 Å². The first kappa shape index (κ1) is 18.8. The summed E-state index contributed by atoms with van der Waals surface area (Å²) in [6.45, 7) is 5.83. The maximum atomic E-state index is 12.6. The minimum Gasteiger partial charge on any atom is -0.293 e. The third-order valence-electron chi connectivity index (χ3n) is 5.96. The van der Waals surface area contributed by atoms with Crippen LogP contribution in [-0.4, -0.2) is 20.2 Å². The average molecular weight is 372 g/mol. The fourth-order valence-corrected chi connectivity index (χ4v) is 6.08. The number of ketones is 1. The fourth-order valence-electron chi connectivity index (χ4n) is 4.79. The second-order valence-corrected chi connectivity index (χ2v) is 9.91. The lowest BCUT2D eigenvalue weighted by atomic mass is 9.52. The Balaban J connectivity index is 1.88. The van der Waals surface area contributed by atoms with Crippen molar-refractivity contribution in [2.24, 2.45) is 16.7 Å². The zero-order chi connectivity index (χ0) is 19.2. The molecule has 138 valence electrons. The molecule has 2 aliphatic rings. The summed E-state index contributed by atoms with van der Waals surface area (Å²) in [7, 11) is -3.59. The number of rotatable bonds is 3. The van der Waals surface area contributed by atoms with Gasteiger partial charge in [-0.15, -0.1) is 0 Å². The van der Waals surface area contributed by atoms with Crippen molar-refractivity contribution < 1.29 is 13.2 Å². The van der Waals surface area contributed by atoms with Gasteiger partial charge >= 0.3 is 0 Å². The highest BCUT2D eigenvalue weighted by Crippen LogP contribution is 2.55. The third-order valence-corrected chi connectivity index (χ3v) is 7.49. The lowest BCUT2D eigenvalue weighted by molar-refractivity contribution is -0.131. The van der Waals surface area contributed by atoms with E-state index in [0.29, 0.717) is 12.8 Å². The molecule has 0 saturated heterocycles. The van der Waals surface area contributed by atoms with Crippen LogP contribution in [0.1, 0.15) is 40.0 Å². The van der Waals surface area contributed by atoms with Crippen LogP contribution in [0, 0.1) is 28.1 Å². The number of nitrogens with zero attached hydrogens (tertiary/aromatic N) is 1. The molecule has 0 radical (unpaired) electrons. The van der Waals surface area contributed by atoms with Crippen LogP contribution in [0.15, 0.2) is 46.9 Å². The predicted octanol–water partition coefficient (Wildman–Crippen LogP) is 3.20. The molecule has 1 fully saturated rings. The first-order valence-corrected chi connectivity index (χ1v) is 10.3. The van der Waals surface area contributed by atoms with E-state index in [9.17, 15) is 18.5 Å². The summed E-state index contributed by atoms with van der Waals surface area (Å²) < 4.78 is 28.1. The summed E-state index contributed by atoms with van der Waals surface area (Å²) in [5, 5.41) is 9.35. The standard InChI is InChI=1S/C20H24N2O3S/c1-19(2)17-10-9-15(12-20(17,3)11-14(13-21)18(19)23)22-26(24,25)16-7-5-4-6-8-16/h4-8,11,15,17,22H,9-10,12H2,1-3H3/t15-,17+,20+/m0/s1. The van der Waals surface area contributed by atoms with Gasteiger partial charge in [-0.1, -0.05) is 45.0 Å². The van der Waals surface area contributed by atoms with Crippen molar-refractivity contribution in [1.82, 2.24) is 4.72 Å². The number of sulfonamides is 1. The molecule has 0 heterocycles. The van der Waals surface area contributed by atoms with Gasteiger partial charge in [0.05, 0.1) is 10.5 Å². The van der Waals surface area contributed by atoms with Crippen molar-refractivity contribution in [3.05, 3.63) is 42.0 Å². The van der Waals surface area contributed by atoms with E-state index in [1.54, 1.807) is 36.4 Å². The molecule has 3 atom stereocenters. The number of Topliss-reactive ketones (excluding diaryl/α,β-unsaturated/α-hetero) is 1. The molecule has 0 amide bonds. The zero-order valence-corrected chi connectivity index (χ0v) is 16.1. The van der Waals surface area contributed by atoms with Crippen LogP contribution in [-0.2, 0) is 14.8 Å². The first-order valence-electron chi connectivity index (χ1n) is 8.85. The maximum absolute atomic E-state index is 12.6. The van der Waals surface area contributed by atoms with Gasteiger partial charge in [-0.05, 0) is 42.7 Å². The molecule has 0 spiro atoms. The van der Waals surface area contributed by atoms with Crippen LogP contribution in [0.4, 0.5) is 0 Å². The normalized spacial score (nSPS) is 30.8. The quantitative estimate of drug-likeness (QED) is 0.883. The first-order chi connectivity index (χ1) is 12.1. The number of nitriles is 1. The summed E-state index contributed by atoms with van der Waals surface area (Å²) in [5.41, 5.74) is -0.803. The Bertz CT molecular complexity index is 897. The summed E-state index contributed by atoms with van der Waals surface area (Å²) in [4.78, 5) is 12.8. The summed E-state index contributed by atoms with van der Waals surface area (Å²) in [6, 6.07) is 10.1. The minimum absolute atomic E-state index is 0.0945. The highest BCUT2D eigenvalue weighted by molar-refractivity contribution is 7.89. The van der Waals surface area contributed by atoms with Gasteiger partial charge in [0.2, 0.25) is 10.0 Å². The Morgan fingerprint density at radius 1 is 1.15 bits per heavy atom. The van der Waals surface area contributed by atoms with Crippen LogP contribution in [0.3, 0.4) is 0 Å². The van der Waals surface area contributed by atoms with Gasteiger partial charge in [0.15, 0.2) is 5.78 Å². The topological polar surface area (TPSA) is 87.0 Å². The lowest BCUT2D eigenvalue weighted by Gasteiger charge is -2.52. The number of hydrogen-bond acceptors (Lipinski definition) is 4. The number of benzene rings is 1. The molecule has 6 heteroatoms. The molecule has 5 nitrogen and oxygen atoms in total. The van der Waals surface area contributed by atoms with Crippen molar-refractivity contribution in [2.75, 3.05) is 0 Å². The van der Waals surface area contributed by atoms with Gasteiger partial charge in [-0.25, -0.2) is 13.1 Å². The Morgan fingerprint density at radius 2 is 1.81 bits per heavy atom. The van der Waals surface area contributed by atoms with Crippen LogP contribution < -0.4 is 4.72 Å². The van der Waals surface area contributed by atoms with Gasteiger partial charge in [0.25, 0.3) is 0 Å². The van der Waals surface area contributed by atoms with Crippen molar-refractivity contribution in [3.8, 4) is 6.07 Å². The van der Waals surface area contributed by atoms with Gasteiger partial charge < -0.3 is 0 Å². The zero-order valence-electron chi connectivity index (χ0n) is 15.3. The Labute approximate surface area is 155 Å². The molecule has 0 aliphatic heterocycles. The molecular weight excluding hydrogens is 348 g/mol. The van der Waals surface area contributed by atoms with Gasteiger partial charge in [-0.3, -0.25) is 4.79 Å². The third kappa shape index (κ3) is 3.10. The molecule has 1 N–H and O–H groups in total. The smallest absolute Gasteiger partial charge is 0.240 e. The summed E-state index contributed by atoms with van der Waals surface area (Å²) in [5.74, 6) is -0.0112. The molecule has 0 unspecified atom stereocenters. The largest absolute Gasteiger partial charge is 0.293 e. The lowest BCUT2D eigenvalue weighted by Crippen LogP contribution is -2.53. The van der Waals surface area contributed by atoms with E-state index in [1.807, 2.05) is 26.8 Å². The fraction of sp³-hybridized carbons (Fsp3) is 0.500. The molecular formula is C20H24N2O3S. The predicted molar refractivity (Wildman–Crippen MR) is 98.5 cm³/mol. The number of carbonyl (C=O) groups excluding carboxylic acids is 1. The van der Waals surface area contributed by atoms with E-state index < -0.39 is 15.4 Å². The average Bonchev–Trinajstić information content (AvgIpc) is 2.58. The molecule has 1 saturated carbocycles. The van der Waals surface area contributed by atoms with Crippen molar-refractivity contribution in [1.29, 1.82) is 5.26 Å². The Morgan fingerprint density at radius 3 is 2.42 bits per heavy atom.